The van der Waals surface area contributed by atoms with Gasteiger partial charge < -0.3 is 20.5 Å². The summed E-state index contributed by atoms with van der Waals surface area (Å²) in [7, 11) is 3.21. The molecule has 2 aromatic carbocycles. The molecule has 2 aromatic rings. The van der Waals surface area contributed by atoms with E-state index >= 15 is 0 Å². The van der Waals surface area contributed by atoms with Crippen molar-refractivity contribution >= 4 is 51.6 Å². The number of halogens is 2. The van der Waals surface area contributed by atoms with Crippen molar-refractivity contribution in [2.45, 2.75) is 19.9 Å². The molecule has 0 radical (unpaired) electrons. The van der Waals surface area contributed by atoms with E-state index in [1.165, 1.54) is 5.56 Å². The smallest absolute Gasteiger partial charge is 0.193 e. The number of aliphatic imine (C=N–C) groups is 1. The predicted molar refractivity (Wildman–Crippen MR) is 117 cm³/mol. The zero-order chi connectivity index (χ0) is 17.5. The maximum Gasteiger partial charge on any atom is 0.193 e. The van der Waals surface area contributed by atoms with Gasteiger partial charge in [-0.2, -0.15) is 0 Å². The molecule has 7 heteroatoms. The first-order valence-corrected chi connectivity index (χ1v) is 8.43. The Labute approximate surface area is 174 Å². The number of nitrogens with one attached hydrogen (secondary N) is 1. The van der Waals surface area contributed by atoms with E-state index in [9.17, 15) is 0 Å². The van der Waals surface area contributed by atoms with Crippen LogP contribution in [0.15, 0.2) is 45.9 Å². The molecular weight excluding hydrogens is 497 g/mol. The Bertz CT molecular complexity index is 738. The van der Waals surface area contributed by atoms with Gasteiger partial charge in [-0.15, -0.1) is 24.0 Å². The third kappa shape index (κ3) is 6.07. The van der Waals surface area contributed by atoms with Crippen LogP contribution in [0.25, 0.3) is 0 Å². The van der Waals surface area contributed by atoms with E-state index < -0.39 is 0 Å². The summed E-state index contributed by atoms with van der Waals surface area (Å²) in [6.07, 6.45) is 0.978. The minimum atomic E-state index is 0. The van der Waals surface area contributed by atoms with Crippen LogP contribution in [0.4, 0.5) is 5.69 Å². The highest BCUT2D eigenvalue weighted by molar-refractivity contribution is 14.0. The molecule has 136 valence electrons. The number of guanidine groups is 1. The van der Waals surface area contributed by atoms with E-state index in [-0.39, 0.29) is 24.0 Å². The van der Waals surface area contributed by atoms with Crippen LogP contribution in [0, 0.1) is 0 Å². The second-order valence-corrected chi connectivity index (χ2v) is 6.05. The third-order valence-corrected chi connectivity index (χ3v) is 4.12. The molecule has 0 saturated carbocycles. The number of hydrogen-bond donors (Lipinski definition) is 2. The van der Waals surface area contributed by atoms with Crippen LogP contribution >= 0.6 is 39.9 Å². The lowest BCUT2D eigenvalue weighted by Gasteiger charge is -2.11. The van der Waals surface area contributed by atoms with Crippen LogP contribution in [0.2, 0.25) is 0 Å². The van der Waals surface area contributed by atoms with Crippen molar-refractivity contribution in [3.05, 3.63) is 52.0 Å². The van der Waals surface area contributed by atoms with Gasteiger partial charge in [-0.25, -0.2) is 4.99 Å². The molecule has 0 atom stereocenters. The Morgan fingerprint density at radius 1 is 1.16 bits per heavy atom. The molecule has 0 bridgehead atoms. The van der Waals surface area contributed by atoms with Crippen molar-refractivity contribution < 1.29 is 9.47 Å². The molecule has 0 aliphatic heterocycles. The van der Waals surface area contributed by atoms with Gasteiger partial charge in [0.15, 0.2) is 17.5 Å². The van der Waals surface area contributed by atoms with E-state index in [4.69, 9.17) is 15.2 Å². The molecule has 0 saturated heterocycles. The zero-order valence-electron chi connectivity index (χ0n) is 14.5. The number of rotatable bonds is 6. The molecule has 0 amide bonds. The van der Waals surface area contributed by atoms with Crippen molar-refractivity contribution in [3.8, 4) is 11.5 Å². The number of hydrogen-bond acceptors (Lipinski definition) is 3. The normalized spacial score (nSPS) is 10.8. The van der Waals surface area contributed by atoms with E-state index in [1.54, 1.807) is 14.2 Å². The van der Waals surface area contributed by atoms with Gasteiger partial charge in [-0.05, 0) is 57.7 Å². The third-order valence-electron chi connectivity index (χ3n) is 3.53. The van der Waals surface area contributed by atoms with Crippen molar-refractivity contribution in [1.82, 2.24) is 0 Å². The highest BCUT2D eigenvalue weighted by atomic mass is 127. The largest absolute Gasteiger partial charge is 0.493 e. The predicted octanol–water partition coefficient (Wildman–Crippen LogP) is 4.57. The van der Waals surface area contributed by atoms with Gasteiger partial charge in [0.2, 0.25) is 0 Å². The number of ether oxygens (including phenoxy) is 2. The van der Waals surface area contributed by atoms with Gasteiger partial charge in [0.1, 0.15) is 0 Å². The Morgan fingerprint density at radius 3 is 2.56 bits per heavy atom. The molecule has 2 rings (SSSR count). The Kier molecular flexibility index (Phi) is 9.05. The van der Waals surface area contributed by atoms with Crippen LogP contribution < -0.4 is 20.5 Å². The number of methoxy groups -OCH3 is 2. The summed E-state index contributed by atoms with van der Waals surface area (Å²) in [4.78, 5) is 4.38. The van der Waals surface area contributed by atoms with Crippen LogP contribution in [-0.4, -0.2) is 20.2 Å². The molecule has 0 aliphatic rings. The number of aryl methyl sites for hydroxylation is 1. The topological polar surface area (TPSA) is 68.9 Å². The van der Waals surface area contributed by atoms with Crippen molar-refractivity contribution in [1.29, 1.82) is 0 Å². The summed E-state index contributed by atoms with van der Waals surface area (Å²) in [6.45, 7) is 2.55. The van der Waals surface area contributed by atoms with Gasteiger partial charge >= 0.3 is 0 Å². The summed E-state index contributed by atoms with van der Waals surface area (Å²) in [6, 6.07) is 11.9. The molecule has 0 aliphatic carbocycles. The fourth-order valence-corrected chi connectivity index (χ4v) is 2.95. The summed E-state index contributed by atoms with van der Waals surface area (Å²) in [5, 5.41) is 3.11. The maximum atomic E-state index is 5.98. The average Bonchev–Trinajstić information content (AvgIpc) is 2.59. The van der Waals surface area contributed by atoms with Crippen LogP contribution in [0.3, 0.4) is 0 Å². The summed E-state index contributed by atoms with van der Waals surface area (Å²) in [5.41, 5.74) is 9.13. The number of nitrogens with two attached hydrogens (primary N) is 1. The number of benzene rings is 2. The lowest BCUT2D eigenvalue weighted by molar-refractivity contribution is 0.352. The molecule has 0 fully saturated rings. The minimum Gasteiger partial charge on any atom is -0.493 e. The zero-order valence-corrected chi connectivity index (χ0v) is 18.4. The summed E-state index contributed by atoms with van der Waals surface area (Å²) in [5.74, 6) is 1.68. The molecule has 0 unspecified atom stereocenters. The first-order valence-electron chi connectivity index (χ1n) is 7.63. The quantitative estimate of drug-likeness (QED) is 0.333. The first-order chi connectivity index (χ1) is 11.6. The molecule has 0 heterocycles. The SMILES string of the molecule is CCc1cccc(NC(N)=NCc2cc(Br)c(OC)c(OC)c2)c1.I. The van der Waals surface area contributed by atoms with Crippen molar-refractivity contribution in [3.63, 3.8) is 0 Å². The van der Waals surface area contributed by atoms with Gasteiger partial charge in [-0.3, -0.25) is 0 Å². The molecule has 0 spiro atoms. The highest BCUT2D eigenvalue weighted by Gasteiger charge is 2.10. The molecular formula is C18H23BrIN3O2. The van der Waals surface area contributed by atoms with Crippen LogP contribution in [0.1, 0.15) is 18.1 Å². The lowest BCUT2D eigenvalue weighted by Crippen LogP contribution is -2.22. The van der Waals surface area contributed by atoms with Gasteiger partial charge in [-0.1, -0.05) is 19.1 Å². The monoisotopic (exact) mass is 519 g/mol. The minimum absolute atomic E-state index is 0. The summed E-state index contributed by atoms with van der Waals surface area (Å²) >= 11 is 3.48. The molecule has 25 heavy (non-hydrogen) atoms. The standard InChI is InChI=1S/C18H22BrN3O2.HI/c1-4-12-6-5-7-14(8-12)22-18(20)21-11-13-9-15(19)17(24-3)16(10-13)23-2;/h5-10H,4,11H2,1-3H3,(H3,20,21,22);1H. The fourth-order valence-electron chi connectivity index (χ4n) is 2.30. The van der Waals surface area contributed by atoms with E-state index in [0.29, 0.717) is 24.0 Å². The van der Waals surface area contributed by atoms with Crippen LogP contribution in [0.5, 0.6) is 11.5 Å². The molecule has 3 N–H and O–H groups in total. The number of anilines is 1. The Morgan fingerprint density at radius 2 is 1.92 bits per heavy atom. The van der Waals surface area contributed by atoms with Gasteiger partial charge in [0, 0.05) is 5.69 Å². The average molecular weight is 520 g/mol. The van der Waals surface area contributed by atoms with E-state index in [0.717, 1.165) is 22.1 Å². The van der Waals surface area contributed by atoms with Gasteiger partial charge in [0.05, 0.1) is 25.2 Å². The van der Waals surface area contributed by atoms with Crippen molar-refractivity contribution in [2.75, 3.05) is 19.5 Å². The van der Waals surface area contributed by atoms with Crippen molar-refractivity contribution in [2.24, 2.45) is 10.7 Å². The van der Waals surface area contributed by atoms with Crippen LogP contribution in [-0.2, 0) is 13.0 Å². The highest BCUT2D eigenvalue weighted by Crippen LogP contribution is 2.36. The number of nitrogens with zero attached hydrogens (tertiary/aromatic N) is 1. The second kappa shape index (κ2) is 10.5. The molecule has 5 nitrogen and oxygen atoms in total. The fraction of sp³-hybridized carbons (Fsp3) is 0.278. The lowest BCUT2D eigenvalue weighted by atomic mass is 10.1. The van der Waals surface area contributed by atoms with Gasteiger partial charge in [0.25, 0.3) is 0 Å². The first kappa shape index (κ1) is 21.6. The Hall–Kier alpha value is -1.48. The maximum absolute atomic E-state index is 5.98. The van der Waals surface area contributed by atoms with E-state index in [1.807, 2.05) is 24.3 Å². The van der Waals surface area contributed by atoms with E-state index in [2.05, 4.69) is 45.3 Å². The second-order valence-electron chi connectivity index (χ2n) is 5.19. The Balaban J connectivity index is 0.00000312. The molecule has 0 aromatic heterocycles. The summed E-state index contributed by atoms with van der Waals surface area (Å²) < 4.78 is 11.5.